The Balaban J connectivity index is 2.09. The van der Waals surface area contributed by atoms with E-state index in [1.165, 1.54) is 0 Å². The van der Waals surface area contributed by atoms with Crippen molar-refractivity contribution in [1.82, 2.24) is 15.2 Å². The smallest absolute Gasteiger partial charge is 0.240 e. The first-order valence-corrected chi connectivity index (χ1v) is 7.02. The number of aromatic nitrogens is 1. The summed E-state index contributed by atoms with van der Waals surface area (Å²) < 4.78 is 0. The molecule has 4 nitrogen and oxygen atoms in total. The van der Waals surface area contributed by atoms with E-state index in [-0.39, 0.29) is 18.0 Å². The quantitative estimate of drug-likeness (QED) is 0.899. The fraction of sp³-hybridized carbons (Fsp3) is 0.600. The zero-order valence-corrected chi connectivity index (χ0v) is 12.0. The minimum Gasteiger partial charge on any atom is -0.335 e. The van der Waals surface area contributed by atoms with Crippen LogP contribution in [0.4, 0.5) is 0 Å². The third kappa shape index (κ3) is 3.32. The SMILES string of the molecule is CC1CCNC1C(=O)N(Cc1cccnc1)C(C)C. The normalized spacial score (nSPS) is 22.7. The van der Waals surface area contributed by atoms with E-state index in [9.17, 15) is 4.79 Å². The van der Waals surface area contributed by atoms with Crippen LogP contribution in [0.15, 0.2) is 24.5 Å². The summed E-state index contributed by atoms with van der Waals surface area (Å²) in [7, 11) is 0. The largest absolute Gasteiger partial charge is 0.335 e. The lowest BCUT2D eigenvalue weighted by Gasteiger charge is -2.30. The number of rotatable bonds is 4. The van der Waals surface area contributed by atoms with Crippen molar-refractivity contribution in [2.75, 3.05) is 6.54 Å². The third-order valence-electron chi connectivity index (χ3n) is 3.78. The molecule has 1 fully saturated rings. The molecule has 1 amide bonds. The Bertz CT molecular complexity index is 419. The number of hydrogen-bond donors (Lipinski definition) is 1. The Morgan fingerprint density at radius 2 is 2.37 bits per heavy atom. The topological polar surface area (TPSA) is 45.2 Å². The molecule has 1 saturated heterocycles. The van der Waals surface area contributed by atoms with Crippen LogP contribution in [0.25, 0.3) is 0 Å². The summed E-state index contributed by atoms with van der Waals surface area (Å²) in [5, 5.41) is 3.32. The van der Waals surface area contributed by atoms with Crippen molar-refractivity contribution in [3.8, 4) is 0 Å². The molecule has 2 atom stereocenters. The van der Waals surface area contributed by atoms with Gasteiger partial charge in [0.1, 0.15) is 0 Å². The van der Waals surface area contributed by atoms with E-state index in [4.69, 9.17) is 0 Å². The van der Waals surface area contributed by atoms with E-state index >= 15 is 0 Å². The molecule has 104 valence electrons. The average Bonchev–Trinajstić information content (AvgIpc) is 2.82. The zero-order chi connectivity index (χ0) is 13.8. The van der Waals surface area contributed by atoms with E-state index in [0.29, 0.717) is 12.5 Å². The van der Waals surface area contributed by atoms with Gasteiger partial charge in [-0.15, -0.1) is 0 Å². The highest BCUT2D eigenvalue weighted by Gasteiger charge is 2.33. The summed E-state index contributed by atoms with van der Waals surface area (Å²) >= 11 is 0. The molecule has 19 heavy (non-hydrogen) atoms. The Kier molecular flexibility index (Phi) is 4.53. The third-order valence-corrected chi connectivity index (χ3v) is 3.78. The maximum Gasteiger partial charge on any atom is 0.240 e. The summed E-state index contributed by atoms with van der Waals surface area (Å²) in [4.78, 5) is 18.7. The van der Waals surface area contributed by atoms with E-state index in [2.05, 4.69) is 31.1 Å². The van der Waals surface area contributed by atoms with Gasteiger partial charge in [-0.3, -0.25) is 9.78 Å². The lowest BCUT2D eigenvalue weighted by atomic mass is 10.0. The van der Waals surface area contributed by atoms with Gasteiger partial charge in [0.15, 0.2) is 0 Å². The maximum absolute atomic E-state index is 12.6. The van der Waals surface area contributed by atoms with Gasteiger partial charge in [0, 0.05) is 25.0 Å². The molecule has 1 aromatic rings. The second-order valence-corrected chi connectivity index (χ2v) is 5.62. The van der Waals surface area contributed by atoms with Crippen molar-refractivity contribution < 1.29 is 4.79 Å². The number of nitrogens with zero attached hydrogens (tertiary/aromatic N) is 2. The molecule has 0 bridgehead atoms. The highest BCUT2D eigenvalue weighted by molar-refractivity contribution is 5.82. The number of nitrogens with one attached hydrogen (secondary N) is 1. The lowest BCUT2D eigenvalue weighted by molar-refractivity contribution is -0.136. The predicted octanol–water partition coefficient (Wildman–Crippen LogP) is 1.82. The fourth-order valence-corrected chi connectivity index (χ4v) is 2.55. The molecular formula is C15H23N3O. The Morgan fingerprint density at radius 1 is 1.58 bits per heavy atom. The van der Waals surface area contributed by atoms with Crippen LogP contribution in [0.5, 0.6) is 0 Å². The summed E-state index contributed by atoms with van der Waals surface area (Å²) in [5.41, 5.74) is 1.08. The summed E-state index contributed by atoms with van der Waals surface area (Å²) in [6.45, 7) is 7.85. The second-order valence-electron chi connectivity index (χ2n) is 5.62. The van der Waals surface area contributed by atoms with Crippen LogP contribution in [0.3, 0.4) is 0 Å². The highest BCUT2D eigenvalue weighted by Crippen LogP contribution is 2.19. The van der Waals surface area contributed by atoms with Gasteiger partial charge in [-0.25, -0.2) is 0 Å². The minimum atomic E-state index is -0.0286. The molecule has 0 saturated carbocycles. The van der Waals surface area contributed by atoms with Gasteiger partial charge in [0.05, 0.1) is 6.04 Å². The van der Waals surface area contributed by atoms with Crippen molar-refractivity contribution in [2.45, 2.75) is 45.8 Å². The molecule has 0 radical (unpaired) electrons. The van der Waals surface area contributed by atoms with Crippen LogP contribution in [-0.2, 0) is 11.3 Å². The van der Waals surface area contributed by atoms with Crippen molar-refractivity contribution >= 4 is 5.91 Å². The number of carbonyl (C=O) groups excluding carboxylic acids is 1. The molecule has 1 N–H and O–H groups in total. The van der Waals surface area contributed by atoms with Crippen LogP contribution in [0, 0.1) is 5.92 Å². The summed E-state index contributed by atoms with van der Waals surface area (Å²) in [6.07, 6.45) is 4.66. The monoisotopic (exact) mass is 261 g/mol. The van der Waals surface area contributed by atoms with Gasteiger partial charge in [-0.1, -0.05) is 13.0 Å². The molecule has 0 spiro atoms. The number of hydrogen-bond acceptors (Lipinski definition) is 3. The maximum atomic E-state index is 12.6. The van der Waals surface area contributed by atoms with Crippen LogP contribution in [0.1, 0.15) is 32.8 Å². The second kappa shape index (κ2) is 6.15. The van der Waals surface area contributed by atoms with E-state index in [0.717, 1.165) is 18.5 Å². The molecule has 2 unspecified atom stereocenters. The van der Waals surface area contributed by atoms with Gasteiger partial charge in [-0.2, -0.15) is 0 Å². The molecular weight excluding hydrogens is 238 g/mol. The molecule has 1 aromatic heterocycles. The fourth-order valence-electron chi connectivity index (χ4n) is 2.55. The van der Waals surface area contributed by atoms with Gasteiger partial charge in [0.2, 0.25) is 5.91 Å². The molecule has 1 aliphatic rings. The van der Waals surface area contributed by atoms with Crippen LogP contribution >= 0.6 is 0 Å². The Labute approximate surface area is 115 Å². The van der Waals surface area contributed by atoms with Crippen molar-refractivity contribution in [1.29, 1.82) is 0 Å². The first kappa shape index (κ1) is 14.0. The van der Waals surface area contributed by atoms with Crippen LogP contribution in [-0.4, -0.2) is 34.4 Å². The van der Waals surface area contributed by atoms with E-state index < -0.39 is 0 Å². The van der Waals surface area contributed by atoms with Crippen LogP contribution in [0.2, 0.25) is 0 Å². The molecule has 1 aliphatic heterocycles. The highest BCUT2D eigenvalue weighted by atomic mass is 16.2. The lowest BCUT2D eigenvalue weighted by Crippen LogP contribution is -2.48. The Hall–Kier alpha value is -1.42. The van der Waals surface area contributed by atoms with Crippen LogP contribution < -0.4 is 5.32 Å². The van der Waals surface area contributed by atoms with Gasteiger partial charge >= 0.3 is 0 Å². The predicted molar refractivity (Wildman–Crippen MR) is 75.5 cm³/mol. The molecule has 2 rings (SSSR count). The standard InChI is InChI=1S/C15H23N3O/c1-11(2)18(10-13-5-4-7-16-9-13)15(19)14-12(3)6-8-17-14/h4-5,7,9,11-12,14,17H,6,8,10H2,1-3H3. The molecule has 0 aromatic carbocycles. The number of amides is 1. The minimum absolute atomic E-state index is 0.0286. The molecule has 4 heteroatoms. The molecule has 2 heterocycles. The molecule has 0 aliphatic carbocycles. The zero-order valence-electron chi connectivity index (χ0n) is 12.0. The summed E-state index contributed by atoms with van der Waals surface area (Å²) in [5.74, 6) is 0.631. The van der Waals surface area contributed by atoms with E-state index in [1.54, 1.807) is 6.20 Å². The van der Waals surface area contributed by atoms with Gasteiger partial charge in [-0.05, 0) is 44.4 Å². The van der Waals surface area contributed by atoms with Crippen molar-refractivity contribution in [2.24, 2.45) is 5.92 Å². The summed E-state index contributed by atoms with van der Waals surface area (Å²) in [6, 6.07) is 4.09. The number of carbonyl (C=O) groups is 1. The van der Waals surface area contributed by atoms with Gasteiger partial charge < -0.3 is 10.2 Å². The van der Waals surface area contributed by atoms with Crippen molar-refractivity contribution in [3.63, 3.8) is 0 Å². The van der Waals surface area contributed by atoms with Crippen molar-refractivity contribution in [3.05, 3.63) is 30.1 Å². The first-order valence-electron chi connectivity index (χ1n) is 7.02. The first-order chi connectivity index (χ1) is 9.09. The van der Waals surface area contributed by atoms with Gasteiger partial charge in [0.25, 0.3) is 0 Å². The number of pyridine rings is 1. The van der Waals surface area contributed by atoms with E-state index in [1.807, 2.05) is 23.2 Å². The Morgan fingerprint density at radius 3 is 2.89 bits per heavy atom. The average molecular weight is 261 g/mol.